The summed E-state index contributed by atoms with van der Waals surface area (Å²) in [5, 5.41) is 0. The quantitative estimate of drug-likeness (QED) is 0.619. The number of rotatable bonds is 2. The molecule has 1 atom stereocenters. The van der Waals surface area contributed by atoms with Crippen LogP contribution in [0.5, 0.6) is 0 Å². The van der Waals surface area contributed by atoms with Crippen LogP contribution in [0.4, 0.5) is 0 Å². The Hall–Kier alpha value is 0.540. The van der Waals surface area contributed by atoms with Gasteiger partial charge in [-0.05, 0) is 18.4 Å². The van der Waals surface area contributed by atoms with Gasteiger partial charge in [0.15, 0.2) is 0 Å². The van der Waals surface area contributed by atoms with Crippen LogP contribution in [0, 0.1) is 0 Å². The van der Waals surface area contributed by atoms with E-state index < -0.39 is 6.73 Å². The monoisotopic (exact) mass is 185 g/mol. The van der Waals surface area contributed by atoms with E-state index in [-0.39, 0.29) is 6.10 Å². The molecule has 0 spiro atoms. The maximum Gasteiger partial charge on any atom is 0.590 e. The minimum absolute atomic E-state index is 0.0444. The molecule has 0 radical (unpaired) electrons. The Morgan fingerprint density at radius 2 is 2.14 bits per heavy atom. The van der Waals surface area contributed by atoms with Crippen molar-refractivity contribution in [2.45, 2.75) is 20.0 Å². The molecule has 42 valence electrons. The topological polar surface area (TPSA) is 26.3 Å². The Kier molecular flexibility index (Phi) is 3.80. The van der Waals surface area contributed by atoms with Crippen molar-refractivity contribution in [3.63, 3.8) is 0 Å². The summed E-state index contributed by atoms with van der Waals surface area (Å²) in [7, 11) is 0. The van der Waals surface area contributed by atoms with Crippen LogP contribution in [-0.4, -0.2) is 6.10 Å². The van der Waals surface area contributed by atoms with Gasteiger partial charge in [-0.1, -0.05) is 0 Å². The van der Waals surface area contributed by atoms with Gasteiger partial charge in [0.1, 0.15) is 6.10 Å². The second-order valence-electron chi connectivity index (χ2n) is 1.37. The number of halogens is 1. The molecule has 0 heterocycles. The molecule has 1 unspecified atom stereocenters. The van der Waals surface area contributed by atoms with Crippen LogP contribution in [-0.2, 0) is 9.09 Å². The van der Waals surface area contributed by atoms with Gasteiger partial charge < -0.3 is 0 Å². The minimum Gasteiger partial charge on any atom is -0.134 e. The SMILES string of the molecule is CC(C)O[P+](=O)Br. The third-order valence-corrected chi connectivity index (χ3v) is 1.38. The fraction of sp³-hybridized carbons (Fsp3) is 1.00. The average molecular weight is 186 g/mol. The molecule has 0 aliphatic carbocycles. The highest BCUT2D eigenvalue weighted by molar-refractivity contribution is 9.37. The predicted octanol–water partition coefficient (Wildman–Crippen LogP) is 2.46. The van der Waals surface area contributed by atoms with E-state index in [0.29, 0.717) is 0 Å². The summed E-state index contributed by atoms with van der Waals surface area (Å²) in [6, 6.07) is 0. The Balaban J connectivity index is 3.13. The maximum atomic E-state index is 10.1. The van der Waals surface area contributed by atoms with E-state index in [1.165, 1.54) is 0 Å². The fourth-order valence-electron chi connectivity index (χ4n) is 0.166. The molecule has 0 aliphatic rings. The van der Waals surface area contributed by atoms with Gasteiger partial charge in [0.25, 0.3) is 0 Å². The van der Waals surface area contributed by atoms with Crippen LogP contribution in [0.15, 0.2) is 0 Å². The zero-order valence-corrected chi connectivity index (χ0v) is 6.70. The van der Waals surface area contributed by atoms with E-state index in [9.17, 15) is 4.57 Å². The largest absolute Gasteiger partial charge is 0.590 e. The summed E-state index contributed by atoms with van der Waals surface area (Å²) in [5.74, 6) is 0. The number of hydrogen-bond donors (Lipinski definition) is 0. The molecule has 0 N–H and O–H groups in total. The van der Waals surface area contributed by atoms with Crippen molar-refractivity contribution in [2.24, 2.45) is 0 Å². The normalized spacial score (nSPS) is 12.3. The second kappa shape index (κ2) is 3.53. The lowest BCUT2D eigenvalue weighted by Gasteiger charge is -1.86. The van der Waals surface area contributed by atoms with Crippen molar-refractivity contribution >= 4 is 22.2 Å². The van der Waals surface area contributed by atoms with Crippen LogP contribution >= 0.6 is 22.2 Å². The Morgan fingerprint density at radius 1 is 1.71 bits per heavy atom. The van der Waals surface area contributed by atoms with Gasteiger partial charge in [-0.2, -0.15) is 0 Å². The molecule has 0 aliphatic heterocycles. The van der Waals surface area contributed by atoms with Crippen molar-refractivity contribution in [2.75, 3.05) is 0 Å². The molecular weight excluding hydrogens is 179 g/mol. The van der Waals surface area contributed by atoms with Gasteiger partial charge in [-0.3, -0.25) is 0 Å². The van der Waals surface area contributed by atoms with Crippen LogP contribution in [0.1, 0.15) is 13.8 Å². The first-order valence-electron chi connectivity index (χ1n) is 1.92. The molecule has 0 rings (SSSR count). The molecule has 2 nitrogen and oxygen atoms in total. The summed E-state index contributed by atoms with van der Waals surface area (Å²) in [4.78, 5) is 0. The zero-order chi connectivity index (χ0) is 5.86. The van der Waals surface area contributed by atoms with Crippen molar-refractivity contribution in [3.8, 4) is 0 Å². The highest BCUT2D eigenvalue weighted by Gasteiger charge is 2.13. The Labute approximate surface area is 51.9 Å². The smallest absolute Gasteiger partial charge is 0.134 e. The summed E-state index contributed by atoms with van der Waals surface area (Å²) in [5.41, 5.74) is 0. The summed E-state index contributed by atoms with van der Waals surface area (Å²) >= 11 is 2.76. The van der Waals surface area contributed by atoms with Crippen LogP contribution in [0.2, 0.25) is 0 Å². The van der Waals surface area contributed by atoms with Crippen molar-refractivity contribution in [1.82, 2.24) is 0 Å². The van der Waals surface area contributed by atoms with Gasteiger partial charge in [0, 0.05) is 0 Å². The molecule has 0 aromatic heterocycles. The van der Waals surface area contributed by atoms with E-state index in [1.54, 1.807) is 0 Å². The lowest BCUT2D eigenvalue weighted by molar-refractivity contribution is 0.265. The molecule has 4 heteroatoms. The molecule has 0 bridgehead atoms. The first-order valence-corrected chi connectivity index (χ1v) is 5.12. The summed E-state index contributed by atoms with van der Waals surface area (Å²) in [6.45, 7) is 2.08. The van der Waals surface area contributed by atoms with E-state index in [1.807, 2.05) is 13.8 Å². The molecule has 0 saturated heterocycles. The Bertz CT molecular complexity index is 73.3. The number of hydrogen-bond acceptors (Lipinski definition) is 2. The van der Waals surface area contributed by atoms with Gasteiger partial charge >= 0.3 is 22.2 Å². The first kappa shape index (κ1) is 7.54. The highest BCUT2D eigenvalue weighted by atomic mass is 79.9. The fourth-order valence-corrected chi connectivity index (χ4v) is 1.50. The van der Waals surface area contributed by atoms with Gasteiger partial charge in [-0.25, -0.2) is 0 Å². The Morgan fingerprint density at radius 3 is 2.14 bits per heavy atom. The molecule has 0 aromatic carbocycles. The highest BCUT2D eigenvalue weighted by Crippen LogP contribution is 2.32. The first-order chi connectivity index (χ1) is 3.13. The van der Waals surface area contributed by atoms with E-state index in [2.05, 4.69) is 20.0 Å². The molecule has 0 amide bonds. The van der Waals surface area contributed by atoms with Crippen molar-refractivity contribution in [3.05, 3.63) is 0 Å². The van der Waals surface area contributed by atoms with Crippen LogP contribution < -0.4 is 0 Å². The summed E-state index contributed by atoms with van der Waals surface area (Å²) < 4.78 is 14.8. The lowest BCUT2D eigenvalue weighted by atomic mass is 10.5. The van der Waals surface area contributed by atoms with E-state index >= 15 is 0 Å². The average Bonchev–Trinajstić information content (AvgIpc) is 1.27. The predicted molar refractivity (Wildman–Crippen MR) is 32.8 cm³/mol. The van der Waals surface area contributed by atoms with Gasteiger partial charge in [0.2, 0.25) is 0 Å². The third-order valence-electron chi connectivity index (χ3n) is 0.294. The van der Waals surface area contributed by atoms with Crippen LogP contribution in [0.25, 0.3) is 0 Å². The van der Waals surface area contributed by atoms with Gasteiger partial charge in [0.05, 0.1) is 0 Å². The van der Waals surface area contributed by atoms with E-state index in [0.717, 1.165) is 0 Å². The standard InChI is InChI=1S/C3H7BrO2P/c1-3(2)6-7(4)5/h3H,1-2H3/q+1. The second-order valence-corrected chi connectivity index (χ2v) is 3.74. The van der Waals surface area contributed by atoms with Crippen molar-refractivity contribution < 1.29 is 9.09 Å². The molecule has 0 saturated carbocycles. The molecule has 0 fully saturated rings. The van der Waals surface area contributed by atoms with Crippen LogP contribution in [0.3, 0.4) is 0 Å². The lowest BCUT2D eigenvalue weighted by Crippen LogP contribution is -1.91. The third kappa shape index (κ3) is 6.54. The maximum absolute atomic E-state index is 10.1. The minimum atomic E-state index is -1.58. The molecule has 7 heavy (non-hydrogen) atoms. The summed E-state index contributed by atoms with van der Waals surface area (Å²) in [6.07, 6.45) is 0.0444. The zero-order valence-electron chi connectivity index (χ0n) is 4.22. The van der Waals surface area contributed by atoms with Gasteiger partial charge in [-0.15, -0.1) is 4.52 Å². The molecular formula is C3H7BrO2P+. The van der Waals surface area contributed by atoms with E-state index in [4.69, 9.17) is 0 Å². The van der Waals surface area contributed by atoms with Crippen molar-refractivity contribution in [1.29, 1.82) is 0 Å². The molecule has 0 aromatic rings.